The summed E-state index contributed by atoms with van der Waals surface area (Å²) < 4.78 is 5.51. The van der Waals surface area contributed by atoms with Gasteiger partial charge in [0, 0.05) is 25.8 Å². The summed E-state index contributed by atoms with van der Waals surface area (Å²) in [6.07, 6.45) is 3.96. The van der Waals surface area contributed by atoms with Gasteiger partial charge in [0.15, 0.2) is 0 Å². The molecule has 1 atom stereocenters. The van der Waals surface area contributed by atoms with E-state index in [0.29, 0.717) is 6.54 Å². The largest absolute Gasteiger partial charge is 0.375 e. The summed E-state index contributed by atoms with van der Waals surface area (Å²) in [5, 5.41) is 0. The van der Waals surface area contributed by atoms with Crippen molar-refractivity contribution in [2.45, 2.75) is 19.6 Å². The number of hydrogen-bond acceptors (Lipinski definition) is 4. The maximum atomic E-state index is 5.71. The van der Waals surface area contributed by atoms with Gasteiger partial charge in [0.1, 0.15) is 0 Å². The van der Waals surface area contributed by atoms with Gasteiger partial charge in [0.05, 0.1) is 24.6 Å². The Morgan fingerprint density at radius 2 is 2.53 bits per heavy atom. The highest BCUT2D eigenvalue weighted by Crippen LogP contribution is 2.20. The lowest BCUT2D eigenvalue weighted by Gasteiger charge is -2.33. The van der Waals surface area contributed by atoms with Gasteiger partial charge in [-0.25, -0.2) is 0 Å². The number of nitrogens with zero attached hydrogens (tertiary/aromatic N) is 2. The Morgan fingerprint density at radius 3 is 3.27 bits per heavy atom. The minimum absolute atomic E-state index is 0.282. The van der Waals surface area contributed by atoms with Crippen LogP contribution in [0.4, 0.5) is 5.69 Å². The van der Waals surface area contributed by atoms with Crippen molar-refractivity contribution in [3.05, 3.63) is 24.0 Å². The highest BCUT2D eigenvalue weighted by atomic mass is 16.5. The molecule has 1 saturated heterocycles. The number of anilines is 1. The monoisotopic (exact) mass is 207 g/mol. The van der Waals surface area contributed by atoms with E-state index in [0.717, 1.165) is 30.9 Å². The highest BCUT2D eigenvalue weighted by Gasteiger charge is 2.18. The van der Waals surface area contributed by atoms with Gasteiger partial charge in [-0.2, -0.15) is 0 Å². The van der Waals surface area contributed by atoms with Crippen molar-refractivity contribution in [3.63, 3.8) is 0 Å². The molecule has 0 spiro atoms. The Hall–Kier alpha value is -1.13. The Morgan fingerprint density at radius 1 is 1.67 bits per heavy atom. The van der Waals surface area contributed by atoms with E-state index in [1.54, 1.807) is 6.20 Å². The van der Waals surface area contributed by atoms with Crippen molar-refractivity contribution < 1.29 is 4.74 Å². The van der Waals surface area contributed by atoms with E-state index >= 15 is 0 Å². The second-order valence-electron chi connectivity index (χ2n) is 3.84. The molecule has 4 heteroatoms. The van der Waals surface area contributed by atoms with Gasteiger partial charge in [-0.1, -0.05) is 0 Å². The van der Waals surface area contributed by atoms with Gasteiger partial charge in [-0.15, -0.1) is 0 Å². The van der Waals surface area contributed by atoms with Gasteiger partial charge in [0.25, 0.3) is 0 Å². The average molecular weight is 207 g/mol. The van der Waals surface area contributed by atoms with Crippen molar-refractivity contribution in [1.29, 1.82) is 0 Å². The molecule has 82 valence electrons. The quantitative estimate of drug-likeness (QED) is 0.778. The summed E-state index contributed by atoms with van der Waals surface area (Å²) in [5.41, 5.74) is 8.01. The minimum Gasteiger partial charge on any atom is -0.375 e. The van der Waals surface area contributed by atoms with Crippen LogP contribution in [-0.4, -0.2) is 30.8 Å². The molecular formula is C11H17N3O. The third kappa shape index (κ3) is 2.27. The molecule has 15 heavy (non-hydrogen) atoms. The van der Waals surface area contributed by atoms with E-state index in [9.17, 15) is 0 Å². The van der Waals surface area contributed by atoms with E-state index < -0.39 is 0 Å². The maximum Gasteiger partial charge on any atom is 0.0722 e. The van der Waals surface area contributed by atoms with Gasteiger partial charge < -0.3 is 15.4 Å². The average Bonchev–Trinajstić information content (AvgIpc) is 2.29. The van der Waals surface area contributed by atoms with Gasteiger partial charge in [0.2, 0.25) is 0 Å². The minimum atomic E-state index is 0.282. The predicted octanol–water partition coefficient (Wildman–Crippen LogP) is 0.765. The molecule has 0 saturated carbocycles. The molecule has 2 N–H and O–H groups in total. The van der Waals surface area contributed by atoms with Crippen LogP contribution in [0.25, 0.3) is 0 Å². The van der Waals surface area contributed by atoms with Gasteiger partial charge >= 0.3 is 0 Å². The van der Waals surface area contributed by atoms with Crippen LogP contribution in [0, 0.1) is 0 Å². The number of ether oxygens (including phenoxy) is 1. The van der Waals surface area contributed by atoms with Gasteiger partial charge in [-0.05, 0) is 18.6 Å². The fourth-order valence-electron chi connectivity index (χ4n) is 1.91. The van der Waals surface area contributed by atoms with E-state index in [4.69, 9.17) is 10.5 Å². The summed E-state index contributed by atoms with van der Waals surface area (Å²) in [6.45, 7) is 5.26. The van der Waals surface area contributed by atoms with Crippen molar-refractivity contribution in [3.8, 4) is 0 Å². The second-order valence-corrected chi connectivity index (χ2v) is 3.84. The molecule has 0 amide bonds. The van der Waals surface area contributed by atoms with Crippen LogP contribution in [0.5, 0.6) is 0 Å². The summed E-state index contributed by atoms with van der Waals surface area (Å²) in [5.74, 6) is 0. The van der Waals surface area contributed by atoms with Crippen LogP contribution in [0.3, 0.4) is 0 Å². The van der Waals surface area contributed by atoms with Crippen LogP contribution in [0.15, 0.2) is 18.5 Å². The van der Waals surface area contributed by atoms with Crippen molar-refractivity contribution in [2.24, 2.45) is 5.73 Å². The first-order valence-electron chi connectivity index (χ1n) is 5.30. The molecular weight excluding hydrogens is 190 g/mol. The first kappa shape index (κ1) is 10.4. The Bertz CT molecular complexity index is 329. The Kier molecular flexibility index (Phi) is 3.18. The van der Waals surface area contributed by atoms with Crippen LogP contribution in [0.1, 0.15) is 12.5 Å². The zero-order valence-corrected chi connectivity index (χ0v) is 9.02. The van der Waals surface area contributed by atoms with Crippen molar-refractivity contribution in [1.82, 2.24) is 4.98 Å². The molecule has 2 heterocycles. The fraction of sp³-hybridized carbons (Fsp3) is 0.545. The third-order valence-electron chi connectivity index (χ3n) is 2.69. The zero-order chi connectivity index (χ0) is 10.7. The lowest BCUT2D eigenvalue weighted by molar-refractivity contribution is 0.0531. The van der Waals surface area contributed by atoms with Crippen LogP contribution < -0.4 is 10.6 Å². The number of pyridine rings is 1. The number of nitrogens with two attached hydrogens (primary N) is 1. The number of morpholine rings is 1. The first-order chi connectivity index (χ1) is 7.31. The first-order valence-corrected chi connectivity index (χ1v) is 5.30. The molecule has 1 aliphatic heterocycles. The Balaban J connectivity index is 2.20. The second kappa shape index (κ2) is 4.59. The SMILES string of the molecule is CC1CN(c2cnccc2CN)CCO1. The fourth-order valence-corrected chi connectivity index (χ4v) is 1.91. The molecule has 1 unspecified atom stereocenters. The lowest BCUT2D eigenvalue weighted by Crippen LogP contribution is -2.41. The van der Waals surface area contributed by atoms with E-state index in [-0.39, 0.29) is 6.10 Å². The predicted molar refractivity (Wildman–Crippen MR) is 59.8 cm³/mol. The Labute approximate surface area is 90.0 Å². The molecule has 0 aromatic carbocycles. The normalized spacial score (nSPS) is 21.7. The lowest BCUT2D eigenvalue weighted by atomic mass is 10.2. The summed E-state index contributed by atoms with van der Waals surface area (Å²) in [4.78, 5) is 6.45. The van der Waals surface area contributed by atoms with Crippen LogP contribution in [-0.2, 0) is 11.3 Å². The molecule has 0 radical (unpaired) electrons. The zero-order valence-electron chi connectivity index (χ0n) is 9.02. The molecule has 2 rings (SSSR count). The van der Waals surface area contributed by atoms with Crippen LogP contribution in [0.2, 0.25) is 0 Å². The molecule has 1 aromatic heterocycles. The topological polar surface area (TPSA) is 51.4 Å². The molecule has 1 fully saturated rings. The van der Waals surface area contributed by atoms with E-state index in [2.05, 4.69) is 16.8 Å². The van der Waals surface area contributed by atoms with Crippen LogP contribution >= 0.6 is 0 Å². The molecule has 4 nitrogen and oxygen atoms in total. The van der Waals surface area contributed by atoms with E-state index in [1.165, 1.54) is 0 Å². The summed E-state index contributed by atoms with van der Waals surface area (Å²) >= 11 is 0. The standard InChI is InChI=1S/C11H17N3O/c1-9-8-14(4-5-15-9)11-7-13-3-2-10(11)6-12/h2-3,7,9H,4-6,8,12H2,1H3. The smallest absolute Gasteiger partial charge is 0.0722 e. The summed E-state index contributed by atoms with van der Waals surface area (Å²) in [7, 11) is 0. The number of rotatable bonds is 2. The third-order valence-corrected chi connectivity index (χ3v) is 2.69. The molecule has 1 aliphatic rings. The highest BCUT2D eigenvalue weighted by molar-refractivity contribution is 5.52. The molecule has 0 bridgehead atoms. The molecule has 0 aliphatic carbocycles. The van der Waals surface area contributed by atoms with Gasteiger partial charge in [-0.3, -0.25) is 4.98 Å². The summed E-state index contributed by atoms with van der Waals surface area (Å²) in [6, 6.07) is 1.98. The van der Waals surface area contributed by atoms with E-state index in [1.807, 2.05) is 12.3 Å². The number of hydrogen-bond donors (Lipinski definition) is 1. The number of aromatic nitrogens is 1. The maximum absolute atomic E-state index is 5.71. The van der Waals surface area contributed by atoms with Crippen molar-refractivity contribution in [2.75, 3.05) is 24.6 Å². The van der Waals surface area contributed by atoms with Crippen molar-refractivity contribution >= 4 is 5.69 Å². The molecule has 1 aromatic rings.